The van der Waals surface area contributed by atoms with E-state index < -0.39 is 6.10 Å². The van der Waals surface area contributed by atoms with E-state index in [0.717, 1.165) is 47.5 Å². The zero-order chi connectivity index (χ0) is 21.2. The van der Waals surface area contributed by atoms with E-state index >= 15 is 0 Å². The van der Waals surface area contributed by atoms with Crippen LogP contribution >= 0.6 is 11.6 Å². The molecule has 1 aromatic carbocycles. The van der Waals surface area contributed by atoms with Gasteiger partial charge in [-0.3, -0.25) is 9.58 Å². The third kappa shape index (κ3) is 3.30. The van der Waals surface area contributed by atoms with Crippen molar-refractivity contribution >= 4 is 22.5 Å². The number of aliphatic hydroxyl groups is 1. The van der Waals surface area contributed by atoms with Crippen LogP contribution in [0.25, 0.3) is 16.6 Å². The van der Waals surface area contributed by atoms with Gasteiger partial charge in [-0.2, -0.15) is 10.2 Å². The molecule has 0 unspecified atom stereocenters. The van der Waals surface area contributed by atoms with Crippen molar-refractivity contribution in [2.24, 2.45) is 0 Å². The van der Waals surface area contributed by atoms with E-state index in [1.165, 1.54) is 18.4 Å². The second-order valence-corrected chi connectivity index (χ2v) is 9.96. The summed E-state index contributed by atoms with van der Waals surface area (Å²) in [5.74, 6) is 0.397. The second kappa shape index (κ2) is 7.30. The summed E-state index contributed by atoms with van der Waals surface area (Å²) in [6.07, 6.45) is 9.89. The molecule has 0 amide bonds. The van der Waals surface area contributed by atoms with Crippen LogP contribution in [0.15, 0.2) is 30.7 Å². The first-order valence-corrected chi connectivity index (χ1v) is 11.6. The third-order valence-corrected chi connectivity index (χ3v) is 7.81. The van der Waals surface area contributed by atoms with Gasteiger partial charge in [0.05, 0.1) is 55.0 Å². The highest BCUT2D eigenvalue weighted by Gasteiger charge is 2.45. The van der Waals surface area contributed by atoms with Gasteiger partial charge >= 0.3 is 0 Å². The molecule has 2 atom stereocenters. The van der Waals surface area contributed by atoms with Crippen LogP contribution in [0.1, 0.15) is 50.1 Å². The maximum atomic E-state index is 10.4. The van der Waals surface area contributed by atoms with Gasteiger partial charge in [-0.15, -0.1) is 0 Å². The summed E-state index contributed by atoms with van der Waals surface area (Å²) < 4.78 is 9.57. The van der Waals surface area contributed by atoms with Crippen LogP contribution in [0.2, 0.25) is 5.02 Å². The SMILES string of the molecule is C[C@]1(N2CCC(c3cc4c(cnn4-c4cnn(C5CC5)c4)cc3Cl)CC2)COC[C@H]1O. The summed E-state index contributed by atoms with van der Waals surface area (Å²) in [4.78, 5) is 2.39. The minimum atomic E-state index is -0.421. The summed E-state index contributed by atoms with van der Waals surface area (Å²) in [5, 5.41) is 21.4. The number of likely N-dealkylation sites (tertiary alicyclic amines) is 1. The summed E-state index contributed by atoms with van der Waals surface area (Å²) >= 11 is 6.73. The molecule has 3 fully saturated rings. The standard InChI is InChI=1S/C23H28ClN5O2/c1-23(14-31-13-22(23)30)27-6-4-15(5-7-27)19-9-21-16(8-20(19)24)10-26-29(21)18-11-25-28(12-18)17-2-3-17/h8-12,15,17,22,30H,2-7,13-14H2,1H3/t22-,23+/m1/s1. The number of benzene rings is 1. The fourth-order valence-electron chi connectivity index (χ4n) is 5.21. The summed E-state index contributed by atoms with van der Waals surface area (Å²) in [6, 6.07) is 4.81. The fraction of sp³-hybridized carbons (Fsp3) is 0.565. The van der Waals surface area contributed by atoms with Crippen LogP contribution in [0, 0.1) is 0 Å². The highest BCUT2D eigenvalue weighted by atomic mass is 35.5. The third-order valence-electron chi connectivity index (χ3n) is 7.48. The van der Waals surface area contributed by atoms with E-state index in [-0.39, 0.29) is 5.54 Å². The quantitative estimate of drug-likeness (QED) is 0.670. The molecule has 1 N–H and O–H groups in total. The molecule has 1 aliphatic carbocycles. The fourth-order valence-corrected chi connectivity index (χ4v) is 5.54. The number of nitrogens with zero attached hydrogens (tertiary/aromatic N) is 5. The molecule has 31 heavy (non-hydrogen) atoms. The molecule has 3 aliphatic rings. The van der Waals surface area contributed by atoms with Crippen LogP contribution in [-0.4, -0.2) is 67.5 Å². The first-order chi connectivity index (χ1) is 15.0. The average molecular weight is 442 g/mol. The Morgan fingerprint density at radius 2 is 1.94 bits per heavy atom. The van der Waals surface area contributed by atoms with Gasteiger partial charge in [0.2, 0.25) is 0 Å². The number of aromatic nitrogens is 4. The number of halogens is 1. The van der Waals surface area contributed by atoms with Crippen molar-refractivity contribution in [1.29, 1.82) is 0 Å². The highest BCUT2D eigenvalue weighted by Crippen LogP contribution is 2.39. The normalized spacial score (nSPS) is 28.0. The van der Waals surface area contributed by atoms with Gasteiger partial charge in [0.25, 0.3) is 0 Å². The molecule has 4 heterocycles. The lowest BCUT2D eigenvalue weighted by atomic mass is 9.85. The number of rotatable bonds is 4. The Bertz CT molecular complexity index is 1110. The van der Waals surface area contributed by atoms with Crippen molar-refractivity contribution in [3.63, 3.8) is 0 Å². The predicted molar refractivity (Wildman–Crippen MR) is 119 cm³/mol. The second-order valence-electron chi connectivity index (χ2n) is 9.55. The Morgan fingerprint density at radius 1 is 1.13 bits per heavy atom. The average Bonchev–Trinajstić information content (AvgIpc) is 3.20. The smallest absolute Gasteiger partial charge is 0.103 e. The van der Waals surface area contributed by atoms with Crippen molar-refractivity contribution < 1.29 is 9.84 Å². The van der Waals surface area contributed by atoms with E-state index in [1.54, 1.807) is 0 Å². The molecule has 6 rings (SSSR count). The van der Waals surface area contributed by atoms with E-state index in [9.17, 15) is 5.11 Å². The molecule has 2 aliphatic heterocycles. The Hall–Kier alpha value is -1.93. The summed E-state index contributed by atoms with van der Waals surface area (Å²) in [5.41, 5.74) is 2.98. The van der Waals surface area contributed by atoms with Crippen LogP contribution in [0.5, 0.6) is 0 Å². The van der Waals surface area contributed by atoms with Crippen LogP contribution in [0.4, 0.5) is 0 Å². The van der Waals surface area contributed by atoms with Gasteiger partial charge in [0, 0.05) is 10.4 Å². The molecule has 164 valence electrons. The van der Waals surface area contributed by atoms with Gasteiger partial charge in [-0.1, -0.05) is 11.6 Å². The predicted octanol–water partition coefficient (Wildman–Crippen LogP) is 3.54. The highest BCUT2D eigenvalue weighted by molar-refractivity contribution is 6.32. The number of aliphatic hydroxyl groups excluding tert-OH is 1. The van der Waals surface area contributed by atoms with Crippen molar-refractivity contribution in [3.8, 4) is 5.69 Å². The molecule has 3 aromatic rings. The molecule has 2 aromatic heterocycles. The van der Waals surface area contributed by atoms with Crippen LogP contribution in [-0.2, 0) is 4.74 Å². The van der Waals surface area contributed by atoms with Crippen molar-refractivity contribution in [3.05, 3.63) is 41.3 Å². The summed E-state index contributed by atoms with van der Waals surface area (Å²) in [6.45, 7) is 5.01. The molecule has 2 saturated heterocycles. The molecule has 0 radical (unpaired) electrons. The first-order valence-electron chi connectivity index (χ1n) is 11.3. The van der Waals surface area contributed by atoms with Gasteiger partial charge < -0.3 is 9.84 Å². The van der Waals surface area contributed by atoms with Gasteiger partial charge in [-0.25, -0.2) is 4.68 Å². The molecule has 7 nitrogen and oxygen atoms in total. The van der Waals surface area contributed by atoms with Gasteiger partial charge in [0.15, 0.2) is 0 Å². The molecule has 0 bridgehead atoms. The lowest BCUT2D eigenvalue weighted by molar-refractivity contribution is -0.00211. The Balaban J connectivity index is 1.26. The zero-order valence-electron chi connectivity index (χ0n) is 17.7. The maximum absolute atomic E-state index is 10.4. The largest absolute Gasteiger partial charge is 0.389 e. The zero-order valence-corrected chi connectivity index (χ0v) is 18.5. The molecule has 8 heteroatoms. The lowest BCUT2D eigenvalue weighted by Crippen LogP contribution is -2.56. The number of hydrogen-bond donors (Lipinski definition) is 1. The van der Waals surface area contributed by atoms with Crippen LogP contribution < -0.4 is 0 Å². The molecule has 0 spiro atoms. The number of hydrogen-bond acceptors (Lipinski definition) is 5. The Kier molecular flexibility index (Phi) is 4.65. The lowest BCUT2D eigenvalue weighted by Gasteiger charge is -2.43. The molecular formula is C23H28ClN5O2. The Labute approximate surface area is 186 Å². The van der Waals surface area contributed by atoms with E-state index in [1.807, 2.05) is 23.1 Å². The van der Waals surface area contributed by atoms with E-state index in [4.69, 9.17) is 16.3 Å². The van der Waals surface area contributed by atoms with E-state index in [0.29, 0.717) is 25.2 Å². The van der Waals surface area contributed by atoms with E-state index in [2.05, 4.69) is 39.0 Å². The van der Waals surface area contributed by atoms with Crippen LogP contribution in [0.3, 0.4) is 0 Å². The van der Waals surface area contributed by atoms with Gasteiger partial charge in [-0.05, 0) is 69.3 Å². The minimum Gasteiger partial charge on any atom is -0.389 e. The summed E-state index contributed by atoms with van der Waals surface area (Å²) in [7, 11) is 0. The molecular weight excluding hydrogens is 414 g/mol. The van der Waals surface area contributed by atoms with Crippen molar-refractivity contribution in [1.82, 2.24) is 24.5 Å². The van der Waals surface area contributed by atoms with Gasteiger partial charge in [0.1, 0.15) is 5.69 Å². The topological polar surface area (TPSA) is 68.3 Å². The van der Waals surface area contributed by atoms with Crippen molar-refractivity contribution in [2.45, 2.75) is 56.2 Å². The monoisotopic (exact) mass is 441 g/mol. The first kappa shape index (κ1) is 19.7. The number of ether oxygens (including phenoxy) is 1. The Morgan fingerprint density at radius 3 is 2.65 bits per heavy atom. The van der Waals surface area contributed by atoms with Crippen molar-refractivity contribution in [2.75, 3.05) is 26.3 Å². The molecule has 1 saturated carbocycles. The minimum absolute atomic E-state index is 0.279. The number of piperidine rings is 1. The maximum Gasteiger partial charge on any atom is 0.103 e. The number of fused-ring (bicyclic) bond motifs is 1.